The standard InChI is InChI=1S/C39H76N4O8/c1-36(2)26-31(27-37(3,4)42(36)48-9)49-34(46)20-16-12-10-11-13-17-21-35(47)50-32-28-38(5,6)43(39(7,8)29-32)51-33(30-45)41-23-19-15-14-18-22-40-24-25-44/h31-33,40-41,44-45H,10-30H2,1-9H3/p+1. The van der Waals surface area contributed by atoms with Crippen molar-refractivity contribution in [3.05, 3.63) is 0 Å². The van der Waals surface area contributed by atoms with E-state index < -0.39 is 0 Å². The first-order valence-corrected chi connectivity index (χ1v) is 19.9. The Bertz CT molecular complexity index is 972. The number of nitrogens with zero attached hydrogens (tertiary/aromatic N) is 2. The molecule has 2 rings (SSSR count). The molecule has 1 atom stereocenters. The molecule has 0 amide bonds. The van der Waals surface area contributed by atoms with Gasteiger partial charge in [0.15, 0.2) is 0 Å². The average Bonchev–Trinajstić information content (AvgIpc) is 3.00. The fourth-order valence-electron chi connectivity index (χ4n) is 8.54. The second-order valence-corrected chi connectivity index (χ2v) is 17.4. The number of hydrogen-bond acceptors (Lipinski definition) is 11. The van der Waals surface area contributed by atoms with Crippen LogP contribution in [0.5, 0.6) is 0 Å². The van der Waals surface area contributed by atoms with Crippen molar-refractivity contribution in [3.63, 3.8) is 0 Å². The lowest BCUT2D eigenvalue weighted by Gasteiger charge is -2.52. The van der Waals surface area contributed by atoms with Gasteiger partial charge in [-0.1, -0.05) is 43.6 Å². The highest BCUT2D eigenvalue weighted by molar-refractivity contribution is 5.69. The number of carbonyl (C=O) groups is 2. The van der Waals surface area contributed by atoms with Gasteiger partial charge in [0.05, 0.1) is 24.8 Å². The van der Waals surface area contributed by atoms with Crippen molar-refractivity contribution in [3.8, 4) is 0 Å². The third kappa shape index (κ3) is 16.3. The number of unbranched alkanes of at least 4 members (excludes halogenated alkanes) is 8. The molecule has 2 saturated heterocycles. The zero-order valence-electron chi connectivity index (χ0n) is 33.9. The third-order valence-electron chi connectivity index (χ3n) is 10.3. The first-order valence-electron chi connectivity index (χ1n) is 19.9. The summed E-state index contributed by atoms with van der Waals surface area (Å²) in [5.41, 5.74) is -1.11. The third-order valence-corrected chi connectivity index (χ3v) is 10.3. The Labute approximate surface area is 309 Å². The van der Waals surface area contributed by atoms with Crippen LogP contribution in [0.1, 0.15) is 158 Å². The lowest BCUT2D eigenvalue weighted by atomic mass is 9.80. The Hall–Kier alpha value is -1.38. The van der Waals surface area contributed by atoms with E-state index >= 15 is 0 Å². The average molecular weight is 730 g/mol. The summed E-state index contributed by atoms with van der Waals surface area (Å²) in [6.45, 7) is 19.5. The van der Waals surface area contributed by atoms with Crippen LogP contribution in [0.15, 0.2) is 0 Å². The van der Waals surface area contributed by atoms with E-state index in [1.165, 1.54) is 0 Å². The highest BCUT2D eigenvalue weighted by atomic mass is 16.7. The van der Waals surface area contributed by atoms with Crippen molar-refractivity contribution in [1.82, 2.24) is 20.8 Å². The molecule has 0 aromatic rings. The molecule has 2 aliphatic rings. The Morgan fingerprint density at radius 2 is 1.10 bits per heavy atom. The summed E-state index contributed by atoms with van der Waals surface area (Å²) < 4.78 is 11.9. The van der Waals surface area contributed by atoms with Gasteiger partial charge in [0.1, 0.15) is 18.8 Å². The predicted molar refractivity (Wildman–Crippen MR) is 202 cm³/mol. The van der Waals surface area contributed by atoms with Gasteiger partial charge in [-0.25, -0.2) is 5.32 Å². The van der Waals surface area contributed by atoms with Crippen LogP contribution >= 0.6 is 0 Å². The van der Waals surface area contributed by atoms with E-state index in [1.807, 2.05) is 5.06 Å². The fourth-order valence-corrected chi connectivity index (χ4v) is 8.54. The van der Waals surface area contributed by atoms with E-state index in [0.717, 1.165) is 90.1 Å². The molecule has 5 N–H and O–H groups in total. The van der Waals surface area contributed by atoms with Gasteiger partial charge in [-0.2, -0.15) is 5.06 Å². The minimum atomic E-state index is -0.382. The normalized spacial score (nSPS) is 21.4. The fraction of sp³-hybridized carbons (Fsp3) is 0.949. The number of hydroxylamine groups is 4. The zero-order chi connectivity index (χ0) is 38.1. The van der Waals surface area contributed by atoms with Crippen molar-refractivity contribution < 1.29 is 39.0 Å². The number of aliphatic hydroxyl groups excluding tert-OH is 2. The van der Waals surface area contributed by atoms with Crippen LogP contribution in [0.3, 0.4) is 0 Å². The lowest BCUT2D eigenvalue weighted by Crippen LogP contribution is -2.65. The van der Waals surface area contributed by atoms with Crippen LogP contribution in [-0.2, 0) is 23.9 Å². The van der Waals surface area contributed by atoms with Gasteiger partial charge < -0.3 is 34.7 Å². The molecule has 0 radical (unpaired) electrons. The van der Waals surface area contributed by atoms with Gasteiger partial charge in [-0.15, -0.1) is 0 Å². The second kappa shape index (κ2) is 22.1. The predicted octanol–water partition coefficient (Wildman–Crippen LogP) is 5.29. The van der Waals surface area contributed by atoms with Gasteiger partial charge in [-0.05, 0) is 87.6 Å². The highest BCUT2D eigenvalue weighted by Gasteiger charge is 2.52. The van der Waals surface area contributed by atoms with Crippen molar-refractivity contribution in [2.45, 2.75) is 199 Å². The van der Waals surface area contributed by atoms with Crippen molar-refractivity contribution in [2.24, 2.45) is 0 Å². The summed E-state index contributed by atoms with van der Waals surface area (Å²) in [4.78, 5) is 36.0. The molecule has 2 heterocycles. The van der Waals surface area contributed by atoms with Crippen LogP contribution in [0.4, 0.5) is 0 Å². The lowest BCUT2D eigenvalue weighted by molar-refractivity contribution is -0.416. The maximum atomic E-state index is 12.8. The van der Waals surface area contributed by atoms with Gasteiger partial charge in [-0.3, -0.25) is 9.59 Å². The van der Waals surface area contributed by atoms with Crippen LogP contribution in [-0.4, -0.2) is 118 Å². The Morgan fingerprint density at radius 1 is 0.667 bits per heavy atom. The zero-order valence-corrected chi connectivity index (χ0v) is 33.9. The molecule has 0 aromatic heterocycles. The van der Waals surface area contributed by atoms with Crippen molar-refractivity contribution >= 4 is 11.9 Å². The first kappa shape index (κ1) is 45.8. The van der Waals surface area contributed by atoms with Crippen molar-refractivity contribution in [1.29, 1.82) is 0 Å². The maximum Gasteiger partial charge on any atom is 0.306 e. The molecule has 0 saturated carbocycles. The van der Waals surface area contributed by atoms with Crippen LogP contribution in [0, 0.1) is 0 Å². The monoisotopic (exact) mass is 730 g/mol. The highest BCUT2D eigenvalue weighted by Crippen LogP contribution is 2.41. The molecule has 0 bridgehead atoms. The van der Waals surface area contributed by atoms with Gasteiger partial charge in [0, 0.05) is 62.7 Å². The van der Waals surface area contributed by atoms with E-state index in [0.29, 0.717) is 32.2 Å². The molecule has 51 heavy (non-hydrogen) atoms. The Morgan fingerprint density at radius 3 is 1.55 bits per heavy atom. The molecular formula is C39H77N4O8+. The minimum Gasteiger partial charge on any atom is -0.462 e. The summed E-state index contributed by atoms with van der Waals surface area (Å²) in [6, 6.07) is 0. The Balaban J connectivity index is 1.61. The van der Waals surface area contributed by atoms with Crippen LogP contribution < -0.4 is 10.6 Å². The number of carbonyl (C=O) groups excluding carboxylic acids is 2. The second-order valence-electron chi connectivity index (χ2n) is 17.4. The number of ether oxygens (including phenoxy) is 2. The van der Waals surface area contributed by atoms with Crippen LogP contribution in [0.2, 0.25) is 0 Å². The number of rotatable bonds is 25. The van der Waals surface area contributed by atoms with E-state index in [2.05, 4.69) is 71.1 Å². The molecule has 0 spiro atoms. The van der Waals surface area contributed by atoms with Gasteiger partial charge >= 0.3 is 11.9 Å². The van der Waals surface area contributed by atoms with E-state index in [4.69, 9.17) is 24.3 Å². The minimum absolute atomic E-state index is 0.0783. The molecule has 1 unspecified atom stereocenters. The van der Waals surface area contributed by atoms with E-state index in [9.17, 15) is 14.7 Å². The number of nitrogens with one attached hydrogen (secondary N) is 2. The molecular weight excluding hydrogens is 652 g/mol. The molecule has 12 heteroatoms. The summed E-state index contributed by atoms with van der Waals surface area (Å²) in [5.74, 6) is -0.251. The number of hydrogen-bond donors (Lipinski definition) is 4. The van der Waals surface area contributed by atoms with E-state index in [-0.39, 0.29) is 65.7 Å². The Kier molecular flexibility index (Phi) is 19.8. The quantitative estimate of drug-likeness (QED) is 0.0421. The SMILES string of the molecule is CON1C(C)(C)CC(OC(=O)CCCCCCCCC(=O)OC2CC(C)(C)N([OH+]C(CO)NCCCCCCNCCO)C(C)(C)C2)CC1(C)C. The number of esters is 2. The topological polar surface area (TPSA) is 146 Å². The molecule has 2 fully saturated rings. The summed E-state index contributed by atoms with van der Waals surface area (Å²) >= 11 is 0. The molecule has 12 nitrogen and oxygen atoms in total. The molecule has 2 aliphatic heterocycles. The molecule has 0 aromatic carbocycles. The molecule has 0 aliphatic carbocycles. The van der Waals surface area contributed by atoms with Crippen LogP contribution in [0.25, 0.3) is 0 Å². The van der Waals surface area contributed by atoms with Gasteiger partial charge in [0.25, 0.3) is 6.23 Å². The first-order chi connectivity index (χ1) is 24.0. The van der Waals surface area contributed by atoms with Crippen molar-refractivity contribution in [2.75, 3.05) is 40.0 Å². The maximum absolute atomic E-state index is 12.8. The number of aliphatic hydroxyl groups is 3. The summed E-state index contributed by atoms with van der Waals surface area (Å²) in [7, 11) is 1.70. The largest absolute Gasteiger partial charge is 0.462 e. The van der Waals surface area contributed by atoms with E-state index in [1.54, 1.807) is 7.11 Å². The molecule has 300 valence electrons. The van der Waals surface area contributed by atoms with Gasteiger partial charge in [0.2, 0.25) is 0 Å². The smallest absolute Gasteiger partial charge is 0.306 e. The summed E-state index contributed by atoms with van der Waals surface area (Å²) in [5, 5.41) is 29.6. The number of piperidine rings is 2. The summed E-state index contributed by atoms with van der Waals surface area (Å²) in [6.07, 6.45) is 13.0.